The summed E-state index contributed by atoms with van der Waals surface area (Å²) in [4.78, 5) is 9.05. The molecule has 1 aliphatic heterocycles. The monoisotopic (exact) mass is 387 g/mol. The molecular weight excluding hydrogens is 362 g/mol. The number of anilines is 3. The van der Waals surface area contributed by atoms with Gasteiger partial charge in [0.2, 0.25) is 11.9 Å². The van der Waals surface area contributed by atoms with Crippen molar-refractivity contribution in [1.82, 2.24) is 19.7 Å². The van der Waals surface area contributed by atoms with Crippen LogP contribution in [0.3, 0.4) is 0 Å². The quantitative estimate of drug-likeness (QED) is 0.840. The number of aromatic nitrogens is 3. The molecule has 3 atom stereocenters. The van der Waals surface area contributed by atoms with E-state index in [1.165, 1.54) is 30.4 Å². The number of halogens is 1. The molecule has 0 radical (unpaired) electrons. The number of hydrogen-bond donors (Lipinski definition) is 2. The molecule has 0 amide bonds. The highest BCUT2D eigenvalue weighted by molar-refractivity contribution is 6.33. The molecule has 8 heteroatoms. The maximum absolute atomic E-state index is 6.60. The Kier molecular flexibility index (Phi) is 4.16. The molecule has 0 unspecified atom stereocenters. The number of nitrogens with two attached hydrogens (primary N) is 2. The number of hydrogen-bond acceptors (Lipinski definition) is 6. The van der Waals surface area contributed by atoms with E-state index in [0.717, 1.165) is 55.4 Å². The Morgan fingerprint density at radius 3 is 2.44 bits per heavy atom. The summed E-state index contributed by atoms with van der Waals surface area (Å²) in [6.45, 7) is 4.29. The number of nitrogens with zero attached hydrogens (tertiary/aromatic N) is 5. The summed E-state index contributed by atoms with van der Waals surface area (Å²) in [6, 6.07) is 6.71. The summed E-state index contributed by atoms with van der Waals surface area (Å²) in [5.41, 5.74) is 13.3. The molecule has 5 rings (SSSR count). The molecule has 2 aromatic rings. The van der Waals surface area contributed by atoms with Gasteiger partial charge in [0.1, 0.15) is 0 Å². The van der Waals surface area contributed by atoms with Gasteiger partial charge in [-0.15, -0.1) is 5.10 Å². The first-order valence-electron chi connectivity index (χ1n) is 9.85. The van der Waals surface area contributed by atoms with Crippen LogP contribution < -0.4 is 16.4 Å². The first-order chi connectivity index (χ1) is 13.1. The van der Waals surface area contributed by atoms with Crippen LogP contribution in [0.5, 0.6) is 0 Å². The van der Waals surface area contributed by atoms with Gasteiger partial charge in [-0.1, -0.05) is 18.0 Å². The van der Waals surface area contributed by atoms with Crippen molar-refractivity contribution in [2.24, 2.45) is 11.8 Å². The smallest absolute Gasteiger partial charge is 0.241 e. The number of piperazine rings is 1. The van der Waals surface area contributed by atoms with Crippen molar-refractivity contribution in [3.63, 3.8) is 0 Å². The molecule has 1 aromatic carbocycles. The van der Waals surface area contributed by atoms with Crippen LogP contribution in [-0.2, 0) is 0 Å². The van der Waals surface area contributed by atoms with Crippen molar-refractivity contribution in [1.29, 1.82) is 0 Å². The van der Waals surface area contributed by atoms with Gasteiger partial charge in [-0.05, 0) is 49.3 Å². The Labute approximate surface area is 164 Å². The molecule has 4 N–H and O–H groups in total. The van der Waals surface area contributed by atoms with E-state index in [0.29, 0.717) is 5.02 Å². The minimum atomic E-state index is 0.157. The van der Waals surface area contributed by atoms with Gasteiger partial charge >= 0.3 is 0 Å². The minimum absolute atomic E-state index is 0.157. The van der Waals surface area contributed by atoms with Gasteiger partial charge in [-0.2, -0.15) is 9.67 Å². The predicted molar refractivity (Wildman–Crippen MR) is 108 cm³/mol. The van der Waals surface area contributed by atoms with Crippen LogP contribution >= 0.6 is 11.6 Å². The van der Waals surface area contributed by atoms with Crippen LogP contribution in [0.4, 0.5) is 17.6 Å². The average Bonchev–Trinajstić information content (AvgIpc) is 3.37. The van der Waals surface area contributed by atoms with E-state index in [-0.39, 0.29) is 11.9 Å². The molecule has 3 fully saturated rings. The first-order valence-corrected chi connectivity index (χ1v) is 10.2. The minimum Gasteiger partial charge on any atom is -0.368 e. The average molecular weight is 388 g/mol. The second-order valence-electron chi connectivity index (χ2n) is 8.14. The van der Waals surface area contributed by atoms with Gasteiger partial charge in [0.05, 0.1) is 16.4 Å². The van der Waals surface area contributed by atoms with Crippen LogP contribution in [0.15, 0.2) is 18.2 Å². The summed E-state index contributed by atoms with van der Waals surface area (Å²) in [7, 11) is 0. The maximum atomic E-state index is 6.60. The highest BCUT2D eigenvalue weighted by Crippen LogP contribution is 2.46. The maximum Gasteiger partial charge on any atom is 0.241 e. The lowest BCUT2D eigenvalue weighted by Crippen LogP contribution is -2.51. The number of rotatable bonds is 3. The molecule has 2 heterocycles. The fourth-order valence-corrected chi connectivity index (χ4v) is 5.66. The highest BCUT2D eigenvalue weighted by atomic mass is 35.5. The summed E-state index contributed by atoms with van der Waals surface area (Å²) < 4.78 is 1.51. The lowest BCUT2D eigenvalue weighted by molar-refractivity contribution is 0.135. The van der Waals surface area contributed by atoms with Crippen molar-refractivity contribution in [3.8, 4) is 5.69 Å². The summed E-state index contributed by atoms with van der Waals surface area (Å²) in [5, 5.41) is 4.82. The lowest BCUT2D eigenvalue weighted by Gasteiger charge is -2.42. The van der Waals surface area contributed by atoms with Gasteiger partial charge < -0.3 is 16.4 Å². The Morgan fingerprint density at radius 2 is 1.85 bits per heavy atom. The van der Waals surface area contributed by atoms with Gasteiger partial charge in [-0.25, -0.2) is 0 Å². The van der Waals surface area contributed by atoms with Crippen LogP contribution in [0.1, 0.15) is 25.7 Å². The lowest BCUT2D eigenvalue weighted by atomic mass is 9.93. The number of nitrogen functional groups attached to an aromatic ring is 2. The van der Waals surface area contributed by atoms with Crippen LogP contribution in [0.25, 0.3) is 5.69 Å². The van der Waals surface area contributed by atoms with Gasteiger partial charge in [0.15, 0.2) is 0 Å². The summed E-state index contributed by atoms with van der Waals surface area (Å²) in [5.74, 6) is 2.36. The fourth-order valence-electron chi connectivity index (χ4n) is 5.37. The summed E-state index contributed by atoms with van der Waals surface area (Å²) in [6.07, 6.45) is 5.79. The zero-order valence-electron chi connectivity index (χ0n) is 15.4. The van der Waals surface area contributed by atoms with E-state index < -0.39 is 0 Å². The Morgan fingerprint density at radius 1 is 1.04 bits per heavy atom. The fraction of sp³-hybridized carbons (Fsp3) is 0.579. The van der Waals surface area contributed by atoms with Crippen LogP contribution in [0, 0.1) is 11.8 Å². The van der Waals surface area contributed by atoms with E-state index in [1.54, 1.807) is 0 Å². The molecule has 0 spiro atoms. The molecule has 1 saturated heterocycles. The molecule has 1 aromatic heterocycles. The molecule has 3 aliphatic rings. The summed E-state index contributed by atoms with van der Waals surface area (Å²) >= 11 is 6.60. The molecular formula is C19H26ClN7. The Hall–Kier alpha value is -1.99. The SMILES string of the molecule is Nc1nc(N)n(-c2ccc(N3CCN([C@H]4C[C@H]5CC[C@H]4C5)CC3)c(Cl)c2)n1. The normalized spacial score (nSPS) is 28.2. The van der Waals surface area contributed by atoms with Gasteiger partial charge in [0, 0.05) is 32.2 Å². The molecule has 2 aliphatic carbocycles. The van der Waals surface area contributed by atoms with Crippen LogP contribution in [-0.4, -0.2) is 51.9 Å². The third kappa shape index (κ3) is 3.02. The topological polar surface area (TPSA) is 89.2 Å². The third-order valence-corrected chi connectivity index (χ3v) is 6.95. The predicted octanol–water partition coefficient (Wildman–Crippen LogP) is 2.40. The zero-order valence-corrected chi connectivity index (χ0v) is 16.1. The third-order valence-electron chi connectivity index (χ3n) is 6.65. The Bertz CT molecular complexity index is 843. The first kappa shape index (κ1) is 17.1. The molecule has 7 nitrogen and oxygen atoms in total. The van der Waals surface area contributed by atoms with E-state index >= 15 is 0 Å². The van der Waals surface area contributed by atoms with E-state index in [9.17, 15) is 0 Å². The number of benzene rings is 1. The molecule has 27 heavy (non-hydrogen) atoms. The van der Waals surface area contributed by atoms with Gasteiger partial charge in [-0.3, -0.25) is 4.90 Å². The van der Waals surface area contributed by atoms with E-state index in [1.807, 2.05) is 18.2 Å². The second-order valence-corrected chi connectivity index (χ2v) is 8.55. The van der Waals surface area contributed by atoms with Gasteiger partial charge in [0.25, 0.3) is 0 Å². The van der Waals surface area contributed by atoms with Crippen molar-refractivity contribution < 1.29 is 0 Å². The number of fused-ring (bicyclic) bond motifs is 2. The van der Waals surface area contributed by atoms with Crippen molar-refractivity contribution in [2.75, 3.05) is 42.5 Å². The van der Waals surface area contributed by atoms with Crippen LogP contribution in [0.2, 0.25) is 5.02 Å². The molecule has 2 bridgehead atoms. The van der Waals surface area contributed by atoms with E-state index in [2.05, 4.69) is 19.9 Å². The van der Waals surface area contributed by atoms with Crippen molar-refractivity contribution in [2.45, 2.75) is 31.7 Å². The molecule has 144 valence electrons. The standard InChI is InChI=1S/C19H26ClN7/c20-15-11-14(27-19(22)23-18(21)24-27)3-4-16(15)25-5-7-26(8-6-25)17-10-12-1-2-13(17)9-12/h3-4,11-13,17H,1-2,5-10H2,(H4,21,22,23,24)/t12-,13-,17-/m0/s1. The highest BCUT2D eigenvalue weighted by Gasteiger charge is 2.42. The van der Waals surface area contributed by atoms with Crippen molar-refractivity contribution in [3.05, 3.63) is 23.2 Å². The molecule has 2 saturated carbocycles. The second kappa shape index (κ2) is 6.56. The van der Waals surface area contributed by atoms with Crippen molar-refractivity contribution >= 4 is 29.2 Å². The van der Waals surface area contributed by atoms with E-state index in [4.69, 9.17) is 23.1 Å². The largest absolute Gasteiger partial charge is 0.368 e. The zero-order chi connectivity index (χ0) is 18.5. The Balaban J connectivity index is 1.28.